The summed E-state index contributed by atoms with van der Waals surface area (Å²) in [5.74, 6) is 0.797. The summed E-state index contributed by atoms with van der Waals surface area (Å²) in [5, 5.41) is 3.78. The van der Waals surface area contributed by atoms with E-state index in [4.69, 9.17) is 32.7 Å². The molecular formula is C21H22Cl2N2O4. The summed E-state index contributed by atoms with van der Waals surface area (Å²) in [6, 6.07) is 9.86. The Kier molecular flexibility index (Phi) is 6.87. The summed E-state index contributed by atoms with van der Waals surface area (Å²) in [6.07, 6.45) is 1.31. The molecule has 154 valence electrons. The van der Waals surface area contributed by atoms with Crippen molar-refractivity contribution >= 4 is 35.0 Å². The van der Waals surface area contributed by atoms with Gasteiger partial charge in [0.1, 0.15) is 11.5 Å². The molecule has 29 heavy (non-hydrogen) atoms. The normalized spacial score (nSPS) is 14.4. The standard InChI is InChI=1S/C21H22Cl2N2O4/c1-28-16-9-13(10-17(12-16)29-2)21(27)25-7-5-15(6-8-25)24-20(26)18-4-3-14(22)11-19(18)23/h3-4,9-12,15H,5-8H2,1-2H3,(H,24,26). The van der Waals surface area contributed by atoms with E-state index in [2.05, 4.69) is 5.32 Å². The number of nitrogens with one attached hydrogen (secondary N) is 1. The summed E-state index contributed by atoms with van der Waals surface area (Å²) < 4.78 is 10.5. The Labute approximate surface area is 179 Å². The Hall–Kier alpha value is -2.44. The number of ether oxygens (including phenoxy) is 2. The van der Waals surface area contributed by atoms with Crippen LogP contribution >= 0.6 is 23.2 Å². The number of hydrogen-bond acceptors (Lipinski definition) is 4. The van der Waals surface area contributed by atoms with Gasteiger partial charge >= 0.3 is 0 Å². The lowest BCUT2D eigenvalue weighted by Crippen LogP contribution is -2.46. The minimum atomic E-state index is -0.242. The highest BCUT2D eigenvalue weighted by atomic mass is 35.5. The van der Waals surface area contributed by atoms with Crippen LogP contribution in [-0.2, 0) is 0 Å². The maximum absolute atomic E-state index is 12.9. The van der Waals surface area contributed by atoms with Gasteiger partial charge < -0.3 is 19.7 Å². The molecule has 1 fully saturated rings. The van der Waals surface area contributed by atoms with Gasteiger partial charge in [0, 0.05) is 35.8 Å². The second-order valence-electron chi connectivity index (χ2n) is 6.77. The van der Waals surface area contributed by atoms with Gasteiger partial charge in [-0.1, -0.05) is 23.2 Å². The van der Waals surface area contributed by atoms with E-state index < -0.39 is 0 Å². The van der Waals surface area contributed by atoms with E-state index in [1.165, 1.54) is 0 Å². The molecule has 2 aromatic rings. The molecule has 0 aromatic heterocycles. The first-order valence-electron chi connectivity index (χ1n) is 9.19. The van der Waals surface area contributed by atoms with E-state index in [9.17, 15) is 9.59 Å². The van der Waals surface area contributed by atoms with E-state index in [0.29, 0.717) is 58.6 Å². The van der Waals surface area contributed by atoms with E-state index >= 15 is 0 Å². The monoisotopic (exact) mass is 436 g/mol. The van der Waals surface area contributed by atoms with Gasteiger partial charge in [0.15, 0.2) is 0 Å². The molecule has 0 bridgehead atoms. The highest BCUT2D eigenvalue weighted by molar-refractivity contribution is 6.36. The van der Waals surface area contributed by atoms with Crippen molar-refractivity contribution in [2.75, 3.05) is 27.3 Å². The summed E-state index contributed by atoms with van der Waals surface area (Å²) >= 11 is 12.0. The third kappa shape index (κ3) is 5.14. The van der Waals surface area contributed by atoms with Gasteiger partial charge in [0.2, 0.25) is 0 Å². The maximum atomic E-state index is 12.9. The van der Waals surface area contributed by atoms with Crippen molar-refractivity contribution in [2.45, 2.75) is 18.9 Å². The first-order valence-corrected chi connectivity index (χ1v) is 9.95. The van der Waals surface area contributed by atoms with E-state index in [-0.39, 0.29) is 17.9 Å². The molecule has 8 heteroatoms. The molecule has 0 atom stereocenters. The van der Waals surface area contributed by atoms with Gasteiger partial charge in [-0.2, -0.15) is 0 Å². The smallest absolute Gasteiger partial charge is 0.254 e. The fraction of sp³-hybridized carbons (Fsp3) is 0.333. The largest absolute Gasteiger partial charge is 0.497 e. The van der Waals surface area contributed by atoms with Crippen molar-refractivity contribution in [3.63, 3.8) is 0 Å². The van der Waals surface area contributed by atoms with Crippen molar-refractivity contribution in [1.82, 2.24) is 10.2 Å². The number of hydrogen-bond donors (Lipinski definition) is 1. The van der Waals surface area contributed by atoms with Crippen molar-refractivity contribution in [2.24, 2.45) is 0 Å². The molecule has 1 aliphatic rings. The Morgan fingerprint density at radius 1 is 1.00 bits per heavy atom. The second kappa shape index (κ2) is 9.37. The average molecular weight is 437 g/mol. The van der Waals surface area contributed by atoms with Crippen molar-refractivity contribution in [1.29, 1.82) is 0 Å². The van der Waals surface area contributed by atoms with E-state index in [1.807, 2.05) is 0 Å². The molecule has 6 nitrogen and oxygen atoms in total. The van der Waals surface area contributed by atoms with Crippen LogP contribution in [-0.4, -0.2) is 50.1 Å². The minimum Gasteiger partial charge on any atom is -0.497 e. The van der Waals surface area contributed by atoms with Crippen LogP contribution in [0.5, 0.6) is 11.5 Å². The van der Waals surface area contributed by atoms with Gasteiger partial charge in [0.05, 0.1) is 24.8 Å². The van der Waals surface area contributed by atoms with Gasteiger partial charge in [-0.05, 0) is 43.2 Å². The number of carbonyl (C=O) groups excluding carboxylic acids is 2. The molecule has 1 N–H and O–H groups in total. The Morgan fingerprint density at radius 2 is 1.62 bits per heavy atom. The van der Waals surface area contributed by atoms with Gasteiger partial charge in [-0.15, -0.1) is 0 Å². The number of carbonyl (C=O) groups is 2. The maximum Gasteiger partial charge on any atom is 0.254 e. The third-order valence-corrected chi connectivity index (χ3v) is 5.44. The van der Waals surface area contributed by atoms with Gasteiger partial charge in [-0.3, -0.25) is 9.59 Å². The van der Waals surface area contributed by atoms with Crippen LogP contribution in [0.25, 0.3) is 0 Å². The molecular weight excluding hydrogens is 415 g/mol. The highest BCUT2D eigenvalue weighted by Gasteiger charge is 2.26. The molecule has 1 heterocycles. The van der Waals surface area contributed by atoms with Gasteiger partial charge in [-0.25, -0.2) is 0 Å². The van der Waals surface area contributed by atoms with Crippen LogP contribution in [0, 0.1) is 0 Å². The van der Waals surface area contributed by atoms with Crippen LogP contribution in [0.4, 0.5) is 0 Å². The molecule has 3 rings (SSSR count). The average Bonchev–Trinajstić information content (AvgIpc) is 2.73. The first-order chi connectivity index (χ1) is 13.9. The van der Waals surface area contributed by atoms with Gasteiger partial charge in [0.25, 0.3) is 11.8 Å². The minimum absolute atomic E-state index is 0.0295. The van der Waals surface area contributed by atoms with Crippen LogP contribution in [0.15, 0.2) is 36.4 Å². The Morgan fingerprint density at radius 3 is 2.17 bits per heavy atom. The fourth-order valence-electron chi connectivity index (χ4n) is 3.28. The molecule has 0 spiro atoms. The lowest BCUT2D eigenvalue weighted by Gasteiger charge is -2.32. The number of benzene rings is 2. The lowest BCUT2D eigenvalue weighted by atomic mass is 10.0. The summed E-state index contributed by atoms with van der Waals surface area (Å²) in [7, 11) is 3.09. The van der Waals surface area contributed by atoms with Crippen LogP contribution in [0.3, 0.4) is 0 Å². The first kappa shape index (κ1) is 21.3. The van der Waals surface area contributed by atoms with Crippen LogP contribution in [0.1, 0.15) is 33.6 Å². The molecule has 0 unspecified atom stereocenters. The highest BCUT2D eigenvalue weighted by Crippen LogP contribution is 2.25. The molecule has 2 aromatic carbocycles. The summed E-state index contributed by atoms with van der Waals surface area (Å²) in [6.45, 7) is 1.08. The second-order valence-corrected chi connectivity index (χ2v) is 7.61. The summed E-state index contributed by atoms with van der Waals surface area (Å²) in [4.78, 5) is 27.1. The fourth-order valence-corrected chi connectivity index (χ4v) is 3.77. The molecule has 1 aliphatic heterocycles. The molecule has 2 amide bonds. The Bertz CT molecular complexity index is 889. The molecule has 0 aliphatic carbocycles. The molecule has 1 saturated heterocycles. The molecule has 0 radical (unpaired) electrons. The predicted molar refractivity (Wildman–Crippen MR) is 112 cm³/mol. The summed E-state index contributed by atoms with van der Waals surface area (Å²) in [5.41, 5.74) is 0.898. The number of nitrogens with zero attached hydrogens (tertiary/aromatic N) is 1. The number of rotatable bonds is 5. The zero-order valence-electron chi connectivity index (χ0n) is 16.2. The number of halogens is 2. The number of piperidine rings is 1. The number of likely N-dealkylation sites (tertiary alicyclic amines) is 1. The van der Waals surface area contributed by atoms with E-state index in [1.54, 1.807) is 55.5 Å². The van der Waals surface area contributed by atoms with Crippen molar-refractivity contribution < 1.29 is 19.1 Å². The number of methoxy groups -OCH3 is 2. The van der Waals surface area contributed by atoms with E-state index in [0.717, 1.165) is 0 Å². The Balaban J connectivity index is 1.60. The third-order valence-electron chi connectivity index (χ3n) is 4.89. The SMILES string of the molecule is COc1cc(OC)cc(C(=O)N2CCC(NC(=O)c3ccc(Cl)cc3Cl)CC2)c1. The topological polar surface area (TPSA) is 67.9 Å². The zero-order valence-corrected chi connectivity index (χ0v) is 17.7. The van der Waals surface area contributed by atoms with Crippen LogP contribution in [0.2, 0.25) is 10.0 Å². The lowest BCUT2D eigenvalue weighted by molar-refractivity contribution is 0.0697. The van der Waals surface area contributed by atoms with Crippen molar-refractivity contribution in [3.8, 4) is 11.5 Å². The quantitative estimate of drug-likeness (QED) is 0.767. The van der Waals surface area contributed by atoms with Crippen LogP contribution < -0.4 is 14.8 Å². The predicted octanol–water partition coefficient (Wildman–Crippen LogP) is 4.05. The number of amides is 2. The zero-order chi connectivity index (χ0) is 21.0. The molecule has 0 saturated carbocycles. The van der Waals surface area contributed by atoms with Crippen molar-refractivity contribution in [3.05, 3.63) is 57.6 Å².